The lowest BCUT2D eigenvalue weighted by Gasteiger charge is -2.06. The summed E-state index contributed by atoms with van der Waals surface area (Å²) in [5.74, 6) is 0.898. The molecule has 0 bridgehead atoms. The van der Waals surface area contributed by atoms with Crippen LogP contribution >= 0.6 is 0 Å². The number of aromatic nitrogens is 4. The van der Waals surface area contributed by atoms with Crippen molar-refractivity contribution >= 4 is 5.71 Å². The summed E-state index contributed by atoms with van der Waals surface area (Å²) in [5.41, 5.74) is 2.49. The van der Waals surface area contributed by atoms with Crippen LogP contribution in [0, 0.1) is 5.82 Å². The summed E-state index contributed by atoms with van der Waals surface area (Å²) in [6.07, 6.45) is 0. The van der Waals surface area contributed by atoms with Crippen molar-refractivity contribution in [2.45, 2.75) is 20.1 Å². The summed E-state index contributed by atoms with van der Waals surface area (Å²) in [6, 6.07) is 13.5. The minimum Gasteiger partial charge on any atom is -0.485 e. The molecule has 3 rings (SSSR count). The van der Waals surface area contributed by atoms with Crippen molar-refractivity contribution < 1.29 is 14.0 Å². The van der Waals surface area contributed by atoms with Gasteiger partial charge in [-0.05, 0) is 54.4 Å². The number of oxime groups is 1. The molecule has 0 aliphatic carbocycles. The molecular weight excluding hydrogens is 325 g/mol. The van der Waals surface area contributed by atoms with Crippen molar-refractivity contribution in [3.8, 4) is 5.75 Å². The highest BCUT2D eigenvalue weighted by atomic mass is 19.1. The van der Waals surface area contributed by atoms with E-state index in [0.717, 1.165) is 16.8 Å². The fourth-order valence-corrected chi connectivity index (χ4v) is 2.02. The molecule has 1 N–H and O–H groups in total. The van der Waals surface area contributed by atoms with Gasteiger partial charge in [0.25, 0.3) is 0 Å². The van der Waals surface area contributed by atoms with Gasteiger partial charge in [-0.1, -0.05) is 22.5 Å². The number of ether oxygens (including phenoxy) is 1. The standard InChI is InChI=1S/C17H16FN5O2/c1-12(21-25-10-13-2-6-15(18)7-3-13)14-4-8-16(9-5-14)24-11-17-19-22-23-20-17/h2-9H,10-11H2,1H3,(H,19,20,22,23). The summed E-state index contributed by atoms with van der Waals surface area (Å²) >= 11 is 0. The van der Waals surface area contributed by atoms with Crippen LogP contribution < -0.4 is 4.74 Å². The number of nitrogens with one attached hydrogen (secondary N) is 1. The van der Waals surface area contributed by atoms with Crippen molar-refractivity contribution in [3.63, 3.8) is 0 Å². The first-order chi connectivity index (χ1) is 12.2. The van der Waals surface area contributed by atoms with Crippen molar-refractivity contribution in [1.29, 1.82) is 0 Å². The molecule has 0 aliphatic rings. The third kappa shape index (κ3) is 4.84. The van der Waals surface area contributed by atoms with Gasteiger partial charge in [-0.15, -0.1) is 10.2 Å². The van der Waals surface area contributed by atoms with Crippen LogP contribution in [0.25, 0.3) is 0 Å². The van der Waals surface area contributed by atoms with E-state index in [4.69, 9.17) is 9.57 Å². The highest BCUT2D eigenvalue weighted by Gasteiger charge is 2.02. The normalized spacial score (nSPS) is 11.4. The van der Waals surface area contributed by atoms with Crippen LogP contribution in [0.1, 0.15) is 23.9 Å². The fraction of sp³-hybridized carbons (Fsp3) is 0.176. The van der Waals surface area contributed by atoms with Crippen molar-refractivity contribution in [2.75, 3.05) is 0 Å². The minimum absolute atomic E-state index is 0.240. The van der Waals surface area contributed by atoms with Gasteiger partial charge in [0.05, 0.1) is 5.71 Å². The van der Waals surface area contributed by atoms with E-state index in [-0.39, 0.29) is 19.0 Å². The Morgan fingerprint density at radius 2 is 1.84 bits per heavy atom. The van der Waals surface area contributed by atoms with Gasteiger partial charge in [-0.2, -0.15) is 5.21 Å². The van der Waals surface area contributed by atoms with Gasteiger partial charge in [0.15, 0.2) is 6.61 Å². The number of aromatic amines is 1. The molecule has 8 heteroatoms. The smallest absolute Gasteiger partial charge is 0.211 e. The number of H-pyrrole nitrogens is 1. The van der Waals surface area contributed by atoms with E-state index in [0.29, 0.717) is 11.6 Å². The fourth-order valence-electron chi connectivity index (χ4n) is 2.02. The molecule has 7 nitrogen and oxygen atoms in total. The van der Waals surface area contributed by atoms with Crippen LogP contribution in [-0.2, 0) is 18.1 Å². The quantitative estimate of drug-likeness (QED) is 0.527. The molecule has 128 valence electrons. The number of rotatable bonds is 7. The summed E-state index contributed by atoms with van der Waals surface area (Å²) in [6.45, 7) is 2.37. The number of tetrazole rings is 1. The lowest BCUT2D eigenvalue weighted by Crippen LogP contribution is -1.99. The number of hydrogen-bond acceptors (Lipinski definition) is 6. The second-order valence-electron chi connectivity index (χ2n) is 5.22. The van der Waals surface area contributed by atoms with Gasteiger partial charge in [0, 0.05) is 0 Å². The van der Waals surface area contributed by atoms with Crippen molar-refractivity contribution in [2.24, 2.45) is 5.16 Å². The zero-order valence-corrected chi connectivity index (χ0v) is 13.5. The monoisotopic (exact) mass is 341 g/mol. The van der Waals surface area contributed by atoms with E-state index >= 15 is 0 Å². The molecule has 0 saturated heterocycles. The second kappa shape index (κ2) is 8.00. The number of halogens is 1. The van der Waals surface area contributed by atoms with Gasteiger partial charge < -0.3 is 9.57 Å². The molecule has 0 fully saturated rings. The van der Waals surface area contributed by atoms with Crippen LogP contribution in [0.2, 0.25) is 0 Å². The zero-order valence-electron chi connectivity index (χ0n) is 13.5. The van der Waals surface area contributed by atoms with Gasteiger partial charge in [-0.25, -0.2) is 4.39 Å². The Balaban J connectivity index is 1.52. The van der Waals surface area contributed by atoms with Gasteiger partial charge in [0.2, 0.25) is 5.82 Å². The van der Waals surface area contributed by atoms with Gasteiger partial charge >= 0.3 is 0 Å². The largest absolute Gasteiger partial charge is 0.485 e. The first-order valence-corrected chi connectivity index (χ1v) is 7.57. The molecule has 1 aromatic heterocycles. The molecule has 0 amide bonds. The molecule has 0 spiro atoms. The first kappa shape index (κ1) is 16.6. The maximum Gasteiger partial charge on any atom is 0.211 e. The third-order valence-electron chi connectivity index (χ3n) is 3.38. The van der Waals surface area contributed by atoms with E-state index in [9.17, 15) is 4.39 Å². The Kier molecular flexibility index (Phi) is 5.30. The molecule has 1 heterocycles. The second-order valence-corrected chi connectivity index (χ2v) is 5.22. The summed E-state index contributed by atoms with van der Waals surface area (Å²) in [7, 11) is 0. The number of nitrogens with zero attached hydrogens (tertiary/aromatic N) is 4. The summed E-state index contributed by atoms with van der Waals surface area (Å²) < 4.78 is 18.4. The van der Waals surface area contributed by atoms with Crippen LogP contribution in [-0.4, -0.2) is 26.3 Å². The Morgan fingerprint density at radius 3 is 2.52 bits per heavy atom. The predicted molar refractivity (Wildman–Crippen MR) is 88.4 cm³/mol. The molecule has 2 aromatic carbocycles. The van der Waals surface area contributed by atoms with Crippen LogP contribution in [0.5, 0.6) is 5.75 Å². The van der Waals surface area contributed by atoms with E-state index < -0.39 is 0 Å². The lowest BCUT2D eigenvalue weighted by molar-refractivity contribution is 0.130. The van der Waals surface area contributed by atoms with Crippen LogP contribution in [0.3, 0.4) is 0 Å². The van der Waals surface area contributed by atoms with Crippen molar-refractivity contribution in [1.82, 2.24) is 20.6 Å². The van der Waals surface area contributed by atoms with Crippen LogP contribution in [0.15, 0.2) is 53.7 Å². The van der Waals surface area contributed by atoms with E-state index in [1.54, 1.807) is 12.1 Å². The lowest BCUT2D eigenvalue weighted by atomic mass is 10.1. The Morgan fingerprint density at radius 1 is 1.08 bits per heavy atom. The molecular formula is C17H16FN5O2. The Labute approximate surface area is 143 Å². The maximum absolute atomic E-state index is 12.8. The molecule has 0 atom stereocenters. The molecule has 0 unspecified atom stereocenters. The molecule has 0 radical (unpaired) electrons. The predicted octanol–water partition coefficient (Wildman–Crippen LogP) is 2.86. The molecule has 0 aliphatic heterocycles. The molecule has 0 saturated carbocycles. The maximum atomic E-state index is 12.8. The Bertz CT molecular complexity index is 817. The highest BCUT2D eigenvalue weighted by Crippen LogP contribution is 2.14. The minimum atomic E-state index is -0.273. The SMILES string of the molecule is CC(=NOCc1ccc(F)cc1)c1ccc(OCc2nn[nH]n2)cc1. The molecule has 3 aromatic rings. The zero-order chi connectivity index (χ0) is 17.5. The average molecular weight is 341 g/mol. The van der Waals surface area contributed by atoms with Gasteiger partial charge in [0.1, 0.15) is 18.2 Å². The average Bonchev–Trinajstić information content (AvgIpc) is 3.15. The summed E-state index contributed by atoms with van der Waals surface area (Å²) in [4.78, 5) is 5.31. The number of benzene rings is 2. The topological polar surface area (TPSA) is 85.3 Å². The summed E-state index contributed by atoms with van der Waals surface area (Å²) in [5, 5.41) is 17.5. The molecule has 25 heavy (non-hydrogen) atoms. The highest BCUT2D eigenvalue weighted by molar-refractivity contribution is 5.98. The van der Waals surface area contributed by atoms with E-state index in [1.165, 1.54) is 12.1 Å². The van der Waals surface area contributed by atoms with Gasteiger partial charge in [-0.3, -0.25) is 0 Å². The first-order valence-electron chi connectivity index (χ1n) is 7.57. The van der Waals surface area contributed by atoms with E-state index in [1.807, 2.05) is 31.2 Å². The van der Waals surface area contributed by atoms with E-state index in [2.05, 4.69) is 25.8 Å². The van der Waals surface area contributed by atoms with Crippen molar-refractivity contribution in [3.05, 3.63) is 71.3 Å². The van der Waals surface area contributed by atoms with Crippen LogP contribution in [0.4, 0.5) is 4.39 Å². The third-order valence-corrected chi connectivity index (χ3v) is 3.38. The number of hydrogen-bond donors (Lipinski definition) is 1. The Hall–Kier alpha value is -3.29.